The van der Waals surface area contributed by atoms with Gasteiger partial charge >= 0.3 is 0 Å². The summed E-state index contributed by atoms with van der Waals surface area (Å²) in [6.45, 7) is 8.90. The van der Waals surface area contributed by atoms with Gasteiger partial charge in [0.15, 0.2) is 0 Å². The summed E-state index contributed by atoms with van der Waals surface area (Å²) < 4.78 is 0. The van der Waals surface area contributed by atoms with Gasteiger partial charge in [0.05, 0.1) is 24.9 Å². The highest BCUT2D eigenvalue weighted by atomic mass is 15.2. The normalized spacial score (nSPS) is 10.3. The van der Waals surface area contributed by atoms with Crippen LogP contribution in [-0.4, -0.2) is 29.6 Å². The Bertz CT molecular complexity index is 411. The second kappa shape index (κ2) is 8.30. The molecule has 0 aliphatic heterocycles. The number of nitriles is 1. The summed E-state index contributed by atoms with van der Waals surface area (Å²) in [5.74, 6) is 2.16. The molecule has 0 saturated carbocycles. The first-order valence-corrected chi connectivity index (χ1v) is 6.85. The van der Waals surface area contributed by atoms with Crippen molar-refractivity contribution < 1.29 is 0 Å². The summed E-state index contributed by atoms with van der Waals surface area (Å²) in [7, 11) is 0. The number of aromatic nitrogens is 2. The monoisotopic (exact) mass is 261 g/mol. The molecule has 0 fully saturated rings. The maximum absolute atomic E-state index is 8.74. The zero-order valence-corrected chi connectivity index (χ0v) is 12.1. The van der Waals surface area contributed by atoms with Crippen molar-refractivity contribution >= 4 is 11.6 Å². The van der Waals surface area contributed by atoms with Crippen molar-refractivity contribution in [2.24, 2.45) is 5.92 Å². The maximum Gasteiger partial charge on any atom is 0.149 e. The molecule has 1 aromatic rings. The van der Waals surface area contributed by atoms with Crippen LogP contribution in [0.15, 0.2) is 12.4 Å². The van der Waals surface area contributed by atoms with Gasteiger partial charge in [0.1, 0.15) is 11.6 Å². The van der Waals surface area contributed by atoms with Crippen LogP contribution in [-0.2, 0) is 0 Å². The van der Waals surface area contributed by atoms with Gasteiger partial charge in [-0.1, -0.05) is 20.8 Å². The summed E-state index contributed by atoms with van der Waals surface area (Å²) in [6.07, 6.45) is 5.05. The van der Waals surface area contributed by atoms with Gasteiger partial charge in [-0.2, -0.15) is 5.26 Å². The van der Waals surface area contributed by atoms with Gasteiger partial charge in [0.25, 0.3) is 0 Å². The predicted octanol–water partition coefficient (Wildman–Crippen LogP) is 2.67. The molecule has 0 amide bonds. The average Bonchev–Trinajstić information content (AvgIpc) is 2.41. The van der Waals surface area contributed by atoms with Gasteiger partial charge in [0, 0.05) is 19.6 Å². The van der Waals surface area contributed by atoms with E-state index in [-0.39, 0.29) is 0 Å². The molecule has 1 N–H and O–H groups in total. The van der Waals surface area contributed by atoms with E-state index in [1.807, 2.05) is 0 Å². The SMILES string of the molecule is CCCNc1cncc(N(CCC#N)CC(C)C)n1. The Hall–Kier alpha value is -1.83. The number of hydrogen-bond donors (Lipinski definition) is 1. The highest BCUT2D eigenvalue weighted by molar-refractivity contribution is 5.43. The predicted molar refractivity (Wildman–Crippen MR) is 78.1 cm³/mol. The molecule has 5 heteroatoms. The second-order valence-corrected chi connectivity index (χ2v) is 4.94. The number of anilines is 2. The first-order valence-electron chi connectivity index (χ1n) is 6.85. The summed E-state index contributed by atoms with van der Waals surface area (Å²) >= 11 is 0. The minimum absolute atomic E-state index is 0.501. The van der Waals surface area contributed by atoms with Crippen LogP contribution in [0.4, 0.5) is 11.6 Å². The molecule has 0 radical (unpaired) electrons. The van der Waals surface area contributed by atoms with Gasteiger partial charge in [-0.15, -0.1) is 0 Å². The van der Waals surface area contributed by atoms with Crippen molar-refractivity contribution in [2.75, 3.05) is 29.9 Å². The van der Waals surface area contributed by atoms with E-state index >= 15 is 0 Å². The standard InChI is InChI=1S/C14H23N5/c1-4-7-17-13-9-16-10-14(18-13)19(8-5-6-15)11-12(2)3/h9-10,12H,4-5,7-8,11H2,1-3H3,(H,17,18). The van der Waals surface area contributed by atoms with Crippen molar-refractivity contribution in [3.63, 3.8) is 0 Å². The van der Waals surface area contributed by atoms with E-state index in [9.17, 15) is 0 Å². The van der Waals surface area contributed by atoms with E-state index in [4.69, 9.17) is 5.26 Å². The van der Waals surface area contributed by atoms with Crippen molar-refractivity contribution in [2.45, 2.75) is 33.6 Å². The average molecular weight is 261 g/mol. The fraction of sp³-hybridized carbons (Fsp3) is 0.643. The first-order chi connectivity index (χ1) is 9.17. The second-order valence-electron chi connectivity index (χ2n) is 4.94. The Balaban J connectivity index is 2.79. The molecule has 0 aromatic carbocycles. The first kappa shape index (κ1) is 15.2. The summed E-state index contributed by atoms with van der Waals surface area (Å²) in [6, 6.07) is 2.18. The third kappa shape index (κ3) is 5.56. The Morgan fingerprint density at radius 2 is 2.21 bits per heavy atom. The lowest BCUT2D eigenvalue weighted by molar-refractivity contribution is 0.607. The molecule has 104 valence electrons. The van der Waals surface area contributed by atoms with E-state index in [2.05, 4.69) is 47.0 Å². The zero-order valence-electron chi connectivity index (χ0n) is 12.1. The molecule has 1 heterocycles. The molecule has 19 heavy (non-hydrogen) atoms. The quantitative estimate of drug-likeness (QED) is 0.779. The van der Waals surface area contributed by atoms with Crippen molar-refractivity contribution in [3.05, 3.63) is 12.4 Å². The molecule has 0 atom stereocenters. The van der Waals surface area contributed by atoms with Gasteiger partial charge in [-0.25, -0.2) is 4.98 Å². The Labute approximate surface area is 115 Å². The lowest BCUT2D eigenvalue weighted by atomic mass is 10.2. The number of hydrogen-bond acceptors (Lipinski definition) is 5. The van der Waals surface area contributed by atoms with E-state index in [1.54, 1.807) is 12.4 Å². The lowest BCUT2D eigenvalue weighted by Crippen LogP contribution is -2.29. The van der Waals surface area contributed by atoms with Crippen LogP contribution < -0.4 is 10.2 Å². The molecular formula is C14H23N5. The van der Waals surface area contributed by atoms with Gasteiger partial charge in [-0.3, -0.25) is 4.98 Å². The van der Waals surface area contributed by atoms with E-state index in [0.29, 0.717) is 18.9 Å². The molecular weight excluding hydrogens is 238 g/mol. The van der Waals surface area contributed by atoms with Crippen LogP contribution in [0.3, 0.4) is 0 Å². The summed E-state index contributed by atoms with van der Waals surface area (Å²) in [5.41, 5.74) is 0. The molecule has 0 aliphatic rings. The highest BCUT2D eigenvalue weighted by Crippen LogP contribution is 2.14. The van der Waals surface area contributed by atoms with Crippen LogP contribution in [0.1, 0.15) is 33.6 Å². The van der Waals surface area contributed by atoms with Crippen LogP contribution >= 0.6 is 0 Å². The van der Waals surface area contributed by atoms with Crippen molar-refractivity contribution in [1.29, 1.82) is 5.26 Å². The van der Waals surface area contributed by atoms with Crippen LogP contribution in [0, 0.1) is 17.2 Å². The molecule has 0 aliphatic carbocycles. The van der Waals surface area contributed by atoms with Gasteiger partial charge < -0.3 is 10.2 Å². The molecule has 0 spiro atoms. The number of nitrogens with one attached hydrogen (secondary N) is 1. The van der Waals surface area contributed by atoms with Gasteiger partial charge in [0.2, 0.25) is 0 Å². The molecule has 1 rings (SSSR count). The maximum atomic E-state index is 8.74. The smallest absolute Gasteiger partial charge is 0.149 e. The Kier molecular flexibility index (Phi) is 6.65. The minimum atomic E-state index is 0.501. The molecule has 1 aromatic heterocycles. The Morgan fingerprint density at radius 1 is 1.42 bits per heavy atom. The summed E-state index contributed by atoms with van der Waals surface area (Å²) in [5, 5.41) is 12.0. The number of rotatable bonds is 8. The molecule has 0 unspecified atom stereocenters. The lowest BCUT2D eigenvalue weighted by Gasteiger charge is -2.24. The van der Waals surface area contributed by atoms with E-state index in [1.165, 1.54) is 0 Å². The Morgan fingerprint density at radius 3 is 2.84 bits per heavy atom. The molecule has 0 bridgehead atoms. The third-order valence-electron chi connectivity index (χ3n) is 2.58. The van der Waals surface area contributed by atoms with Crippen molar-refractivity contribution in [1.82, 2.24) is 9.97 Å². The fourth-order valence-corrected chi connectivity index (χ4v) is 1.77. The fourth-order valence-electron chi connectivity index (χ4n) is 1.77. The summed E-state index contributed by atoms with van der Waals surface area (Å²) in [4.78, 5) is 10.9. The van der Waals surface area contributed by atoms with E-state index in [0.717, 1.165) is 31.1 Å². The minimum Gasteiger partial charge on any atom is -0.369 e. The van der Waals surface area contributed by atoms with Gasteiger partial charge in [-0.05, 0) is 12.3 Å². The van der Waals surface area contributed by atoms with Crippen molar-refractivity contribution in [3.8, 4) is 6.07 Å². The topological polar surface area (TPSA) is 64.8 Å². The van der Waals surface area contributed by atoms with Crippen LogP contribution in [0.5, 0.6) is 0 Å². The van der Waals surface area contributed by atoms with Crippen LogP contribution in [0.2, 0.25) is 0 Å². The highest BCUT2D eigenvalue weighted by Gasteiger charge is 2.10. The number of nitrogens with zero attached hydrogens (tertiary/aromatic N) is 4. The molecule has 5 nitrogen and oxygen atoms in total. The molecule has 0 saturated heterocycles. The van der Waals surface area contributed by atoms with Crippen LogP contribution in [0.25, 0.3) is 0 Å². The largest absolute Gasteiger partial charge is 0.369 e. The third-order valence-corrected chi connectivity index (χ3v) is 2.58. The van der Waals surface area contributed by atoms with E-state index < -0.39 is 0 Å². The zero-order chi connectivity index (χ0) is 14.1.